The van der Waals surface area contributed by atoms with Crippen molar-refractivity contribution in [3.8, 4) is 6.07 Å². The predicted molar refractivity (Wildman–Crippen MR) is 61.5 cm³/mol. The maximum atomic E-state index is 13.3. The van der Waals surface area contributed by atoms with Crippen molar-refractivity contribution < 1.29 is 4.39 Å². The highest BCUT2D eigenvalue weighted by Gasteiger charge is 2.26. The summed E-state index contributed by atoms with van der Waals surface area (Å²) in [5, 5.41) is 12.2. The van der Waals surface area contributed by atoms with Gasteiger partial charge in [-0.1, -0.05) is 6.07 Å². The van der Waals surface area contributed by atoms with Gasteiger partial charge in [-0.05, 0) is 43.9 Å². The minimum atomic E-state index is -0.198. The fourth-order valence-corrected chi connectivity index (χ4v) is 2.18. The molecule has 0 spiro atoms. The molecule has 1 fully saturated rings. The number of nitrogens with zero attached hydrogens (tertiary/aromatic N) is 1. The number of aryl methyl sites for hydroxylation is 1. The van der Waals surface area contributed by atoms with Crippen molar-refractivity contribution in [2.24, 2.45) is 5.92 Å². The molecule has 84 valence electrons. The molecule has 2 nitrogen and oxygen atoms in total. The van der Waals surface area contributed by atoms with E-state index in [2.05, 4.69) is 11.4 Å². The normalized spacial score (nSPS) is 24.1. The van der Waals surface area contributed by atoms with Crippen LogP contribution in [0.1, 0.15) is 24.8 Å². The Morgan fingerprint density at radius 1 is 1.44 bits per heavy atom. The van der Waals surface area contributed by atoms with Crippen LogP contribution in [0.25, 0.3) is 0 Å². The van der Waals surface area contributed by atoms with Gasteiger partial charge in [0.05, 0.1) is 12.0 Å². The molecule has 0 heterocycles. The van der Waals surface area contributed by atoms with E-state index in [0.717, 1.165) is 24.9 Å². The first-order valence-corrected chi connectivity index (χ1v) is 5.63. The second kappa shape index (κ2) is 4.52. The predicted octanol–water partition coefficient (Wildman–Crippen LogP) is 3.24. The molecule has 1 N–H and O–H groups in total. The third-order valence-electron chi connectivity index (χ3n) is 3.21. The van der Waals surface area contributed by atoms with Crippen LogP contribution < -0.4 is 5.32 Å². The van der Waals surface area contributed by atoms with Crippen LogP contribution in [0.15, 0.2) is 18.2 Å². The van der Waals surface area contributed by atoms with Crippen LogP contribution in [0.3, 0.4) is 0 Å². The van der Waals surface area contributed by atoms with E-state index in [-0.39, 0.29) is 17.8 Å². The Kier molecular flexibility index (Phi) is 3.09. The first-order valence-electron chi connectivity index (χ1n) is 5.63. The van der Waals surface area contributed by atoms with E-state index < -0.39 is 0 Å². The summed E-state index contributed by atoms with van der Waals surface area (Å²) < 4.78 is 13.3. The monoisotopic (exact) mass is 218 g/mol. The lowest BCUT2D eigenvalue weighted by atomic mass is 10.1. The molecule has 1 aromatic carbocycles. The molecule has 16 heavy (non-hydrogen) atoms. The molecule has 1 aromatic rings. The number of nitriles is 1. The topological polar surface area (TPSA) is 35.8 Å². The molecule has 1 aliphatic rings. The number of hydrogen-bond donors (Lipinski definition) is 1. The standard InChI is InChI=1S/C13H15FN2/c1-9-5-6-11(7-12(9)14)16-13-4-2-3-10(13)8-15/h5-7,10,13,16H,2-4H2,1H3. The highest BCUT2D eigenvalue weighted by molar-refractivity contribution is 5.46. The van der Waals surface area contributed by atoms with Gasteiger partial charge in [-0.3, -0.25) is 0 Å². The molecular weight excluding hydrogens is 203 g/mol. The number of benzene rings is 1. The quantitative estimate of drug-likeness (QED) is 0.827. The Bertz CT molecular complexity index is 422. The molecule has 0 radical (unpaired) electrons. The lowest BCUT2D eigenvalue weighted by Crippen LogP contribution is -2.22. The highest BCUT2D eigenvalue weighted by Crippen LogP contribution is 2.28. The van der Waals surface area contributed by atoms with Gasteiger partial charge in [0.2, 0.25) is 0 Å². The highest BCUT2D eigenvalue weighted by atomic mass is 19.1. The molecule has 3 heteroatoms. The average molecular weight is 218 g/mol. The number of anilines is 1. The maximum Gasteiger partial charge on any atom is 0.128 e. The van der Waals surface area contributed by atoms with E-state index in [1.54, 1.807) is 13.0 Å². The molecule has 1 saturated carbocycles. The van der Waals surface area contributed by atoms with Crippen molar-refractivity contribution in [3.05, 3.63) is 29.6 Å². The van der Waals surface area contributed by atoms with Gasteiger partial charge in [0.25, 0.3) is 0 Å². The van der Waals surface area contributed by atoms with Crippen molar-refractivity contribution in [1.82, 2.24) is 0 Å². The van der Waals surface area contributed by atoms with Crippen LogP contribution in [0.5, 0.6) is 0 Å². The smallest absolute Gasteiger partial charge is 0.128 e. The summed E-state index contributed by atoms with van der Waals surface area (Å²) in [6, 6.07) is 7.60. The summed E-state index contributed by atoms with van der Waals surface area (Å²) in [5.74, 6) is -0.138. The number of hydrogen-bond acceptors (Lipinski definition) is 2. The third-order valence-corrected chi connectivity index (χ3v) is 3.21. The molecular formula is C13H15FN2. The summed E-state index contributed by atoms with van der Waals surface area (Å²) in [4.78, 5) is 0. The summed E-state index contributed by atoms with van der Waals surface area (Å²) in [6.07, 6.45) is 3.01. The Labute approximate surface area is 95.1 Å². The number of halogens is 1. The Balaban J connectivity index is 2.09. The summed E-state index contributed by atoms with van der Waals surface area (Å²) >= 11 is 0. The van der Waals surface area contributed by atoms with Crippen molar-refractivity contribution in [2.75, 3.05) is 5.32 Å². The first-order chi connectivity index (χ1) is 7.70. The number of nitrogens with one attached hydrogen (secondary N) is 1. The molecule has 2 atom stereocenters. The largest absolute Gasteiger partial charge is 0.381 e. The van der Waals surface area contributed by atoms with E-state index in [4.69, 9.17) is 5.26 Å². The zero-order valence-electron chi connectivity index (χ0n) is 9.33. The van der Waals surface area contributed by atoms with Gasteiger partial charge in [0.1, 0.15) is 5.82 Å². The van der Waals surface area contributed by atoms with E-state index in [9.17, 15) is 4.39 Å². The number of rotatable bonds is 2. The van der Waals surface area contributed by atoms with Gasteiger partial charge < -0.3 is 5.32 Å². The summed E-state index contributed by atoms with van der Waals surface area (Å²) in [6.45, 7) is 1.74. The van der Waals surface area contributed by atoms with Gasteiger partial charge in [0.15, 0.2) is 0 Å². The minimum Gasteiger partial charge on any atom is -0.381 e. The van der Waals surface area contributed by atoms with Crippen LogP contribution in [-0.2, 0) is 0 Å². The maximum absolute atomic E-state index is 13.3. The van der Waals surface area contributed by atoms with Crippen LogP contribution in [0.4, 0.5) is 10.1 Å². The zero-order chi connectivity index (χ0) is 11.5. The molecule has 0 aliphatic heterocycles. The third kappa shape index (κ3) is 2.16. The van der Waals surface area contributed by atoms with Gasteiger partial charge in [-0.25, -0.2) is 4.39 Å². The fourth-order valence-electron chi connectivity index (χ4n) is 2.18. The second-order valence-corrected chi connectivity index (χ2v) is 4.38. The lowest BCUT2D eigenvalue weighted by molar-refractivity contribution is 0.613. The van der Waals surface area contributed by atoms with Crippen molar-refractivity contribution in [3.63, 3.8) is 0 Å². The molecule has 2 unspecified atom stereocenters. The summed E-state index contributed by atoms with van der Waals surface area (Å²) in [5.41, 5.74) is 1.42. The molecule has 0 amide bonds. The first kappa shape index (κ1) is 10.9. The Morgan fingerprint density at radius 3 is 2.94 bits per heavy atom. The Morgan fingerprint density at radius 2 is 2.25 bits per heavy atom. The minimum absolute atomic E-state index is 0.0596. The fraction of sp³-hybridized carbons (Fsp3) is 0.462. The SMILES string of the molecule is Cc1ccc(NC2CCCC2C#N)cc1F. The molecule has 2 rings (SSSR count). The van der Waals surface area contributed by atoms with E-state index in [1.807, 2.05) is 6.07 Å². The van der Waals surface area contributed by atoms with E-state index >= 15 is 0 Å². The van der Waals surface area contributed by atoms with Crippen molar-refractivity contribution >= 4 is 5.69 Å². The van der Waals surface area contributed by atoms with Crippen LogP contribution in [0.2, 0.25) is 0 Å². The van der Waals surface area contributed by atoms with Crippen molar-refractivity contribution in [2.45, 2.75) is 32.2 Å². The molecule has 0 bridgehead atoms. The molecule has 0 saturated heterocycles. The van der Waals surface area contributed by atoms with Crippen LogP contribution in [-0.4, -0.2) is 6.04 Å². The van der Waals surface area contributed by atoms with Crippen LogP contribution >= 0.6 is 0 Å². The lowest BCUT2D eigenvalue weighted by Gasteiger charge is -2.17. The average Bonchev–Trinajstić information content (AvgIpc) is 2.71. The van der Waals surface area contributed by atoms with Crippen molar-refractivity contribution in [1.29, 1.82) is 5.26 Å². The molecule has 0 aromatic heterocycles. The van der Waals surface area contributed by atoms with E-state index in [0.29, 0.717) is 5.56 Å². The van der Waals surface area contributed by atoms with Crippen LogP contribution in [0, 0.1) is 30.0 Å². The van der Waals surface area contributed by atoms with Gasteiger partial charge in [0, 0.05) is 11.7 Å². The van der Waals surface area contributed by atoms with Gasteiger partial charge in [-0.15, -0.1) is 0 Å². The molecule has 1 aliphatic carbocycles. The second-order valence-electron chi connectivity index (χ2n) is 4.38. The van der Waals surface area contributed by atoms with E-state index in [1.165, 1.54) is 6.07 Å². The van der Waals surface area contributed by atoms with Gasteiger partial charge in [-0.2, -0.15) is 5.26 Å². The summed E-state index contributed by atoms with van der Waals surface area (Å²) in [7, 11) is 0. The Hall–Kier alpha value is -1.56. The van der Waals surface area contributed by atoms with Gasteiger partial charge >= 0.3 is 0 Å². The zero-order valence-corrected chi connectivity index (χ0v) is 9.33.